The molecule has 9 heteroatoms. The van der Waals surface area contributed by atoms with Gasteiger partial charge in [0.2, 0.25) is 10.0 Å². The second-order valence-electron chi connectivity index (χ2n) is 6.29. The molecule has 0 bridgehead atoms. The highest BCUT2D eigenvalue weighted by Crippen LogP contribution is 2.20. The van der Waals surface area contributed by atoms with E-state index in [9.17, 15) is 13.2 Å². The lowest BCUT2D eigenvalue weighted by Gasteiger charge is -2.26. The lowest BCUT2D eigenvalue weighted by atomic mass is 10.2. The molecule has 0 atom stereocenters. The first-order chi connectivity index (χ1) is 14.0. The average molecular weight is 420 g/mol. The second kappa shape index (κ2) is 9.73. The Bertz CT molecular complexity index is 924. The number of nitrogens with zero attached hydrogens (tertiary/aromatic N) is 1. The smallest absolute Gasteiger partial charge is 0.255 e. The zero-order valence-corrected chi connectivity index (χ0v) is 17.0. The molecule has 2 aromatic rings. The molecular formula is C20H24N2O6S. The van der Waals surface area contributed by atoms with Crippen LogP contribution in [-0.2, 0) is 14.8 Å². The van der Waals surface area contributed by atoms with E-state index in [1.807, 2.05) is 0 Å². The van der Waals surface area contributed by atoms with Crippen molar-refractivity contribution >= 4 is 15.9 Å². The number of nitrogens with one attached hydrogen (secondary N) is 1. The topological polar surface area (TPSA) is 94.2 Å². The van der Waals surface area contributed by atoms with Gasteiger partial charge in [0.1, 0.15) is 18.1 Å². The number of hydrogen-bond donors (Lipinski definition) is 1. The van der Waals surface area contributed by atoms with Gasteiger partial charge >= 0.3 is 0 Å². The standard InChI is InChI=1S/C20H24N2O6S/c1-26-19-5-3-2-4-18(19)20(23)21-10-13-28-16-6-8-17(9-7-16)29(24,25)22-11-14-27-15-12-22/h2-9H,10-15H2,1H3,(H,21,23). The van der Waals surface area contributed by atoms with Gasteiger partial charge in [0, 0.05) is 13.1 Å². The fourth-order valence-electron chi connectivity index (χ4n) is 2.90. The Morgan fingerprint density at radius 3 is 2.48 bits per heavy atom. The Labute approximate surface area is 170 Å². The minimum Gasteiger partial charge on any atom is -0.496 e. The number of morpholine rings is 1. The van der Waals surface area contributed by atoms with E-state index in [2.05, 4.69) is 5.32 Å². The summed E-state index contributed by atoms with van der Waals surface area (Å²) in [5.41, 5.74) is 0.452. The number of carbonyl (C=O) groups excluding carboxylic acids is 1. The van der Waals surface area contributed by atoms with E-state index < -0.39 is 10.0 Å². The zero-order valence-electron chi connectivity index (χ0n) is 16.2. The maximum Gasteiger partial charge on any atom is 0.255 e. The first-order valence-electron chi connectivity index (χ1n) is 9.24. The SMILES string of the molecule is COc1ccccc1C(=O)NCCOc1ccc(S(=O)(=O)N2CCOCC2)cc1. The molecule has 1 fully saturated rings. The Morgan fingerprint density at radius 1 is 1.10 bits per heavy atom. The molecule has 1 N–H and O–H groups in total. The largest absolute Gasteiger partial charge is 0.496 e. The van der Waals surface area contributed by atoms with E-state index in [1.165, 1.54) is 23.5 Å². The Kier molecular flexibility index (Phi) is 7.08. The van der Waals surface area contributed by atoms with Gasteiger partial charge < -0.3 is 19.5 Å². The summed E-state index contributed by atoms with van der Waals surface area (Å²) in [5.74, 6) is 0.776. The summed E-state index contributed by atoms with van der Waals surface area (Å²) in [6.07, 6.45) is 0. The third-order valence-electron chi connectivity index (χ3n) is 4.44. The summed E-state index contributed by atoms with van der Waals surface area (Å²) in [6.45, 7) is 2.06. The third kappa shape index (κ3) is 5.26. The summed E-state index contributed by atoms with van der Waals surface area (Å²) in [4.78, 5) is 12.4. The van der Waals surface area contributed by atoms with Crippen LogP contribution < -0.4 is 14.8 Å². The number of ether oxygens (including phenoxy) is 3. The van der Waals surface area contributed by atoms with Crippen molar-refractivity contribution in [2.45, 2.75) is 4.90 Å². The van der Waals surface area contributed by atoms with Crippen molar-refractivity contribution < 1.29 is 27.4 Å². The van der Waals surface area contributed by atoms with Crippen LogP contribution in [0, 0.1) is 0 Å². The van der Waals surface area contributed by atoms with Crippen LogP contribution in [0.2, 0.25) is 0 Å². The molecule has 1 saturated heterocycles. The van der Waals surface area contributed by atoms with Crippen molar-refractivity contribution in [3.63, 3.8) is 0 Å². The predicted octanol–water partition coefficient (Wildman–Crippen LogP) is 1.52. The van der Waals surface area contributed by atoms with Crippen molar-refractivity contribution in [2.24, 2.45) is 0 Å². The van der Waals surface area contributed by atoms with Crippen molar-refractivity contribution in [1.82, 2.24) is 9.62 Å². The normalized spacial score (nSPS) is 14.9. The number of amides is 1. The molecule has 3 rings (SSSR count). The minimum atomic E-state index is -3.52. The maximum absolute atomic E-state index is 12.6. The van der Waals surface area contributed by atoms with Gasteiger partial charge in [-0.1, -0.05) is 12.1 Å². The van der Waals surface area contributed by atoms with Gasteiger partial charge in [-0.15, -0.1) is 0 Å². The maximum atomic E-state index is 12.6. The molecule has 0 saturated carbocycles. The van der Waals surface area contributed by atoms with E-state index in [1.54, 1.807) is 36.4 Å². The summed E-state index contributed by atoms with van der Waals surface area (Å²) >= 11 is 0. The lowest BCUT2D eigenvalue weighted by molar-refractivity contribution is 0.0730. The predicted molar refractivity (Wildman–Crippen MR) is 107 cm³/mol. The van der Waals surface area contributed by atoms with Crippen LogP contribution in [-0.4, -0.2) is 65.2 Å². The van der Waals surface area contributed by atoms with Crippen LogP contribution >= 0.6 is 0 Å². The fraction of sp³-hybridized carbons (Fsp3) is 0.350. The quantitative estimate of drug-likeness (QED) is 0.651. The molecule has 29 heavy (non-hydrogen) atoms. The van der Waals surface area contributed by atoms with Crippen molar-refractivity contribution in [3.05, 3.63) is 54.1 Å². The molecule has 1 aliphatic rings. The zero-order chi connectivity index (χ0) is 20.7. The molecule has 0 unspecified atom stereocenters. The number of benzene rings is 2. The van der Waals surface area contributed by atoms with E-state index >= 15 is 0 Å². The van der Waals surface area contributed by atoms with Gasteiger partial charge in [0.25, 0.3) is 5.91 Å². The van der Waals surface area contributed by atoms with Crippen LogP contribution in [0.4, 0.5) is 0 Å². The molecule has 2 aromatic carbocycles. The van der Waals surface area contributed by atoms with Crippen LogP contribution in [0.5, 0.6) is 11.5 Å². The highest BCUT2D eigenvalue weighted by molar-refractivity contribution is 7.89. The van der Waals surface area contributed by atoms with Gasteiger partial charge in [-0.25, -0.2) is 8.42 Å². The van der Waals surface area contributed by atoms with Gasteiger partial charge in [-0.2, -0.15) is 4.31 Å². The summed E-state index contributed by atoms with van der Waals surface area (Å²) in [7, 11) is -2.01. The van der Waals surface area contributed by atoms with Crippen LogP contribution in [0.15, 0.2) is 53.4 Å². The first-order valence-corrected chi connectivity index (χ1v) is 10.7. The van der Waals surface area contributed by atoms with Gasteiger partial charge in [0.15, 0.2) is 0 Å². The van der Waals surface area contributed by atoms with Crippen molar-refractivity contribution in [3.8, 4) is 11.5 Å². The van der Waals surface area contributed by atoms with E-state index in [0.29, 0.717) is 49.9 Å². The molecule has 1 amide bonds. The van der Waals surface area contributed by atoms with Crippen LogP contribution in [0.3, 0.4) is 0 Å². The monoisotopic (exact) mass is 420 g/mol. The summed E-state index contributed by atoms with van der Waals surface area (Å²) in [5, 5.41) is 2.76. The number of sulfonamides is 1. The van der Waals surface area contributed by atoms with Crippen LogP contribution in [0.1, 0.15) is 10.4 Å². The molecule has 1 aliphatic heterocycles. The Hall–Kier alpha value is -2.62. The Morgan fingerprint density at radius 2 is 1.79 bits per heavy atom. The van der Waals surface area contributed by atoms with Crippen molar-refractivity contribution in [1.29, 1.82) is 0 Å². The minimum absolute atomic E-state index is 0.219. The number of rotatable bonds is 8. The molecule has 0 aromatic heterocycles. The van der Waals surface area contributed by atoms with Gasteiger partial charge in [-0.05, 0) is 36.4 Å². The molecule has 0 spiro atoms. The molecule has 8 nitrogen and oxygen atoms in total. The number of carbonyl (C=O) groups is 1. The summed E-state index contributed by atoms with van der Waals surface area (Å²) in [6, 6.07) is 13.2. The highest BCUT2D eigenvalue weighted by atomic mass is 32.2. The molecule has 0 aliphatic carbocycles. The highest BCUT2D eigenvalue weighted by Gasteiger charge is 2.26. The summed E-state index contributed by atoms with van der Waals surface area (Å²) < 4.78 is 42.6. The third-order valence-corrected chi connectivity index (χ3v) is 6.35. The van der Waals surface area contributed by atoms with Crippen molar-refractivity contribution in [2.75, 3.05) is 46.6 Å². The fourth-order valence-corrected chi connectivity index (χ4v) is 4.31. The van der Waals surface area contributed by atoms with Gasteiger partial charge in [0.05, 0.1) is 37.3 Å². The second-order valence-corrected chi connectivity index (χ2v) is 8.23. The number of para-hydroxylation sites is 1. The van der Waals surface area contributed by atoms with E-state index in [0.717, 1.165) is 0 Å². The molecular weight excluding hydrogens is 396 g/mol. The number of methoxy groups -OCH3 is 1. The Balaban J connectivity index is 1.50. The lowest BCUT2D eigenvalue weighted by Crippen LogP contribution is -2.40. The van der Waals surface area contributed by atoms with Crippen LogP contribution in [0.25, 0.3) is 0 Å². The van der Waals surface area contributed by atoms with Gasteiger partial charge in [-0.3, -0.25) is 4.79 Å². The molecule has 156 valence electrons. The van der Waals surface area contributed by atoms with E-state index in [-0.39, 0.29) is 17.4 Å². The molecule has 0 radical (unpaired) electrons. The molecule has 1 heterocycles. The first kappa shape index (κ1) is 21.1. The van der Waals surface area contributed by atoms with E-state index in [4.69, 9.17) is 14.2 Å². The number of hydrogen-bond acceptors (Lipinski definition) is 6. The average Bonchev–Trinajstić information content (AvgIpc) is 2.77.